The van der Waals surface area contributed by atoms with Crippen molar-refractivity contribution >= 4 is 5.91 Å². The van der Waals surface area contributed by atoms with E-state index in [9.17, 15) is 9.90 Å². The number of aliphatic hydroxyl groups is 1. The van der Waals surface area contributed by atoms with E-state index in [4.69, 9.17) is 0 Å². The fourth-order valence-electron chi connectivity index (χ4n) is 3.30. The Balaban J connectivity index is 2.00. The lowest BCUT2D eigenvalue weighted by Gasteiger charge is -2.22. The van der Waals surface area contributed by atoms with Crippen LogP contribution in [-0.4, -0.2) is 35.1 Å². The van der Waals surface area contributed by atoms with Crippen LogP contribution in [0.4, 0.5) is 0 Å². The highest BCUT2D eigenvalue weighted by molar-refractivity contribution is 5.80. The number of carbonyl (C=O) groups is 1. The molecule has 1 aliphatic heterocycles. The summed E-state index contributed by atoms with van der Waals surface area (Å²) in [5, 5.41) is 9.27. The van der Waals surface area contributed by atoms with Crippen LogP contribution in [0.15, 0.2) is 0 Å². The minimum absolute atomic E-state index is 0.0933. The zero-order chi connectivity index (χ0) is 11.2. The Morgan fingerprint density at radius 2 is 2.07 bits per heavy atom. The van der Waals surface area contributed by atoms with Crippen LogP contribution in [0.5, 0.6) is 0 Å². The van der Waals surface area contributed by atoms with E-state index in [2.05, 4.69) is 13.8 Å². The predicted molar refractivity (Wildman–Crippen MR) is 58.2 cm³/mol. The lowest BCUT2D eigenvalue weighted by molar-refractivity contribution is -0.138. The molecule has 0 aromatic carbocycles. The molecule has 1 aliphatic carbocycles. The zero-order valence-electron chi connectivity index (χ0n) is 9.81. The molecule has 86 valence electrons. The maximum Gasteiger partial charge on any atom is 0.251 e. The first-order valence-corrected chi connectivity index (χ1v) is 5.97. The molecule has 2 fully saturated rings. The van der Waals surface area contributed by atoms with E-state index in [1.54, 1.807) is 6.92 Å². The molecule has 1 saturated carbocycles. The molecule has 15 heavy (non-hydrogen) atoms. The molecule has 0 unspecified atom stereocenters. The molecular formula is C12H21NO2. The Labute approximate surface area is 91.5 Å². The van der Waals surface area contributed by atoms with E-state index >= 15 is 0 Å². The van der Waals surface area contributed by atoms with Gasteiger partial charge in [-0.15, -0.1) is 0 Å². The molecule has 5 atom stereocenters. The van der Waals surface area contributed by atoms with Crippen molar-refractivity contribution in [3.63, 3.8) is 0 Å². The third-order valence-electron chi connectivity index (χ3n) is 4.41. The Morgan fingerprint density at radius 1 is 1.40 bits per heavy atom. The summed E-state index contributed by atoms with van der Waals surface area (Å²) < 4.78 is 0. The summed E-state index contributed by atoms with van der Waals surface area (Å²) in [5.41, 5.74) is 0. The Hall–Kier alpha value is -0.570. The van der Waals surface area contributed by atoms with Crippen molar-refractivity contribution in [3.8, 4) is 0 Å². The van der Waals surface area contributed by atoms with Gasteiger partial charge in [-0.1, -0.05) is 13.8 Å². The summed E-state index contributed by atoms with van der Waals surface area (Å²) in [5.74, 6) is 2.77. The van der Waals surface area contributed by atoms with Crippen molar-refractivity contribution in [2.45, 2.75) is 33.3 Å². The van der Waals surface area contributed by atoms with E-state index in [1.165, 1.54) is 6.42 Å². The maximum atomic E-state index is 11.6. The van der Waals surface area contributed by atoms with Crippen LogP contribution in [0.1, 0.15) is 27.2 Å². The van der Waals surface area contributed by atoms with Crippen LogP contribution >= 0.6 is 0 Å². The molecule has 0 radical (unpaired) electrons. The van der Waals surface area contributed by atoms with Gasteiger partial charge >= 0.3 is 0 Å². The standard InChI is InChI=1S/C12H21NO2/c1-7-4-10-5-13(12(15)9(3)14)6-11(10)8(7)2/h7-11,14H,4-6H2,1-3H3/t7-,8+,9+,10-,11-/m1/s1. The van der Waals surface area contributed by atoms with Gasteiger partial charge in [0.1, 0.15) is 6.10 Å². The second kappa shape index (κ2) is 3.78. The van der Waals surface area contributed by atoms with E-state index in [-0.39, 0.29) is 5.91 Å². The number of rotatable bonds is 1. The molecule has 2 aliphatic rings. The number of aliphatic hydroxyl groups excluding tert-OH is 1. The quantitative estimate of drug-likeness (QED) is 0.706. The Morgan fingerprint density at radius 3 is 2.60 bits per heavy atom. The average Bonchev–Trinajstić information content (AvgIpc) is 2.67. The molecule has 0 aromatic rings. The van der Waals surface area contributed by atoms with Crippen LogP contribution in [0.3, 0.4) is 0 Å². The number of hydrogen-bond acceptors (Lipinski definition) is 2. The lowest BCUT2D eigenvalue weighted by Crippen LogP contribution is -2.37. The first-order chi connectivity index (χ1) is 7.00. The van der Waals surface area contributed by atoms with Crippen LogP contribution in [-0.2, 0) is 4.79 Å². The number of amides is 1. The molecular weight excluding hydrogens is 190 g/mol. The molecule has 0 spiro atoms. The van der Waals surface area contributed by atoms with Crippen LogP contribution in [0.25, 0.3) is 0 Å². The summed E-state index contributed by atoms with van der Waals surface area (Å²) in [6.07, 6.45) is 0.409. The smallest absolute Gasteiger partial charge is 0.251 e. The van der Waals surface area contributed by atoms with Gasteiger partial charge in [-0.2, -0.15) is 0 Å². The number of likely N-dealkylation sites (tertiary alicyclic amines) is 1. The minimum atomic E-state index is -0.837. The minimum Gasteiger partial charge on any atom is -0.384 e. The molecule has 0 aromatic heterocycles. The highest BCUT2D eigenvalue weighted by Crippen LogP contribution is 2.45. The molecule has 2 rings (SSSR count). The number of fused-ring (bicyclic) bond motifs is 1. The van der Waals surface area contributed by atoms with Crippen molar-refractivity contribution in [2.24, 2.45) is 23.7 Å². The van der Waals surface area contributed by atoms with Gasteiger partial charge in [-0.25, -0.2) is 0 Å². The van der Waals surface area contributed by atoms with Crippen LogP contribution < -0.4 is 0 Å². The second-order valence-corrected chi connectivity index (χ2v) is 5.42. The van der Waals surface area contributed by atoms with E-state index < -0.39 is 6.10 Å². The van der Waals surface area contributed by atoms with Crippen molar-refractivity contribution in [2.75, 3.05) is 13.1 Å². The second-order valence-electron chi connectivity index (χ2n) is 5.42. The normalized spacial score (nSPS) is 41.7. The summed E-state index contributed by atoms with van der Waals surface area (Å²) in [7, 11) is 0. The Kier molecular flexibility index (Phi) is 2.75. The topological polar surface area (TPSA) is 40.5 Å². The first-order valence-electron chi connectivity index (χ1n) is 5.97. The molecule has 3 nitrogen and oxygen atoms in total. The fraction of sp³-hybridized carbons (Fsp3) is 0.917. The maximum absolute atomic E-state index is 11.6. The zero-order valence-corrected chi connectivity index (χ0v) is 9.81. The monoisotopic (exact) mass is 211 g/mol. The van der Waals surface area contributed by atoms with Gasteiger partial charge in [0.15, 0.2) is 0 Å². The van der Waals surface area contributed by atoms with E-state index in [1.807, 2.05) is 4.90 Å². The first kappa shape index (κ1) is 10.9. The van der Waals surface area contributed by atoms with Crippen molar-refractivity contribution in [1.82, 2.24) is 4.90 Å². The molecule has 1 saturated heterocycles. The molecule has 1 N–H and O–H groups in total. The third kappa shape index (κ3) is 1.78. The summed E-state index contributed by atoms with van der Waals surface area (Å²) in [6, 6.07) is 0. The van der Waals surface area contributed by atoms with E-state index in [0.717, 1.165) is 24.9 Å². The Bertz CT molecular complexity index is 264. The number of hydrogen-bond donors (Lipinski definition) is 1. The third-order valence-corrected chi connectivity index (χ3v) is 4.41. The van der Waals surface area contributed by atoms with Gasteiger partial charge in [0.2, 0.25) is 0 Å². The highest BCUT2D eigenvalue weighted by atomic mass is 16.3. The number of carbonyl (C=O) groups excluding carboxylic acids is 1. The average molecular weight is 211 g/mol. The molecule has 1 heterocycles. The SMILES string of the molecule is C[C@@H]1[C@H]2CN(C(=O)[C@H](C)O)C[C@H]2C[C@H]1C. The van der Waals surface area contributed by atoms with Crippen molar-refractivity contribution < 1.29 is 9.90 Å². The van der Waals surface area contributed by atoms with Gasteiger partial charge in [-0.05, 0) is 37.0 Å². The van der Waals surface area contributed by atoms with E-state index in [0.29, 0.717) is 11.8 Å². The lowest BCUT2D eigenvalue weighted by atomic mass is 9.91. The van der Waals surface area contributed by atoms with Gasteiger partial charge in [0.25, 0.3) is 5.91 Å². The molecule has 1 amide bonds. The molecule has 0 bridgehead atoms. The number of nitrogens with zero attached hydrogens (tertiary/aromatic N) is 1. The van der Waals surface area contributed by atoms with Crippen LogP contribution in [0.2, 0.25) is 0 Å². The van der Waals surface area contributed by atoms with Crippen molar-refractivity contribution in [1.29, 1.82) is 0 Å². The largest absolute Gasteiger partial charge is 0.384 e. The fourth-order valence-corrected chi connectivity index (χ4v) is 3.30. The van der Waals surface area contributed by atoms with Gasteiger partial charge in [-0.3, -0.25) is 4.79 Å². The highest BCUT2D eigenvalue weighted by Gasteiger charge is 2.45. The van der Waals surface area contributed by atoms with Crippen LogP contribution in [0, 0.1) is 23.7 Å². The predicted octanol–water partition coefficient (Wildman–Crippen LogP) is 1.12. The molecule has 3 heteroatoms. The summed E-state index contributed by atoms with van der Waals surface area (Å²) in [6.45, 7) is 7.89. The van der Waals surface area contributed by atoms with Gasteiger partial charge < -0.3 is 10.0 Å². The van der Waals surface area contributed by atoms with Gasteiger partial charge in [0, 0.05) is 13.1 Å². The summed E-state index contributed by atoms with van der Waals surface area (Å²) in [4.78, 5) is 13.5. The van der Waals surface area contributed by atoms with Crippen molar-refractivity contribution in [3.05, 3.63) is 0 Å². The summed E-state index contributed by atoms with van der Waals surface area (Å²) >= 11 is 0. The van der Waals surface area contributed by atoms with Gasteiger partial charge in [0.05, 0.1) is 0 Å².